The van der Waals surface area contributed by atoms with Crippen molar-refractivity contribution in [3.63, 3.8) is 0 Å². The zero-order valence-corrected chi connectivity index (χ0v) is 19.8. The van der Waals surface area contributed by atoms with Gasteiger partial charge in [0.15, 0.2) is 5.78 Å². The van der Waals surface area contributed by atoms with Crippen molar-refractivity contribution in [3.05, 3.63) is 53.0 Å². The van der Waals surface area contributed by atoms with E-state index in [1.165, 1.54) is 25.4 Å². The molecule has 35 heavy (non-hydrogen) atoms. The maximum absolute atomic E-state index is 14.1. The summed E-state index contributed by atoms with van der Waals surface area (Å²) in [5, 5.41) is 0. The number of alkyl halides is 3. The molecule has 0 radical (unpaired) electrons. The van der Waals surface area contributed by atoms with Crippen LogP contribution in [0.4, 0.5) is 13.2 Å². The van der Waals surface area contributed by atoms with E-state index in [0.717, 1.165) is 25.5 Å². The van der Waals surface area contributed by atoms with Crippen molar-refractivity contribution < 1.29 is 31.9 Å². The summed E-state index contributed by atoms with van der Waals surface area (Å²) in [5.41, 5.74) is 0.188. The molecule has 1 saturated heterocycles. The van der Waals surface area contributed by atoms with Gasteiger partial charge in [-0.1, -0.05) is 13.0 Å². The maximum Gasteiger partial charge on any atom is 0.416 e. The number of rotatable bonds is 5. The lowest BCUT2D eigenvalue weighted by Gasteiger charge is -2.37. The first-order chi connectivity index (χ1) is 16.7. The van der Waals surface area contributed by atoms with Gasteiger partial charge in [0.25, 0.3) is 0 Å². The third-order valence-corrected chi connectivity index (χ3v) is 7.63. The van der Waals surface area contributed by atoms with E-state index < -0.39 is 29.4 Å². The predicted molar refractivity (Wildman–Crippen MR) is 123 cm³/mol. The van der Waals surface area contributed by atoms with E-state index in [1.54, 1.807) is 24.0 Å². The summed E-state index contributed by atoms with van der Waals surface area (Å²) in [7, 11) is 0. The lowest BCUT2D eigenvalue weighted by Crippen LogP contribution is -2.48. The number of allylic oxidation sites excluding steroid dienone is 6. The minimum absolute atomic E-state index is 0.0148. The molecule has 2 atom stereocenters. The van der Waals surface area contributed by atoms with Crippen LogP contribution in [0.15, 0.2) is 51.9 Å². The van der Waals surface area contributed by atoms with E-state index >= 15 is 0 Å². The number of carbonyl (C=O) groups excluding carboxylic acids is 2. The van der Waals surface area contributed by atoms with Gasteiger partial charge in [0.2, 0.25) is 5.91 Å². The second-order valence-electron chi connectivity index (χ2n) is 10.2. The Labute approximate surface area is 202 Å². The number of carbonyl (C=O) groups is 2. The van der Waals surface area contributed by atoms with Crippen molar-refractivity contribution in [2.45, 2.75) is 57.7 Å². The van der Waals surface area contributed by atoms with Gasteiger partial charge in [0, 0.05) is 30.8 Å². The standard InChI is InChI=1S/C27H30F3NO4/c1-16-12-22-21(5-4-18(19-8-11-34-15-19)13-23(22)27(28,29)30)25(32)24(16)26(33)31-9-6-20(7-10-31)35-14-17-2-3-17/h4,8,11,13,15-17,20,24H,2-3,5-7,9-10,12,14H2,1H3. The molecule has 2 unspecified atom stereocenters. The molecular weight excluding hydrogens is 459 g/mol. The minimum atomic E-state index is -4.62. The molecule has 0 N–H and O–H groups in total. The van der Waals surface area contributed by atoms with Gasteiger partial charge in [0.1, 0.15) is 5.92 Å². The maximum atomic E-state index is 14.1. The fraction of sp³-hybridized carbons (Fsp3) is 0.556. The normalized spacial score (nSPS) is 26.3. The number of Topliss-reactive ketones (excluding diaryl/α,β-unsaturated/α-hetero) is 1. The van der Waals surface area contributed by atoms with Crippen LogP contribution >= 0.6 is 0 Å². The number of nitrogens with zero attached hydrogens (tertiary/aromatic N) is 1. The van der Waals surface area contributed by atoms with Crippen LogP contribution in [0.2, 0.25) is 0 Å². The summed E-state index contributed by atoms with van der Waals surface area (Å²) in [6, 6.07) is 1.59. The van der Waals surface area contributed by atoms with Gasteiger partial charge in [-0.15, -0.1) is 0 Å². The molecule has 8 heteroatoms. The predicted octanol–water partition coefficient (Wildman–Crippen LogP) is 5.49. The average molecular weight is 490 g/mol. The number of likely N-dealkylation sites (tertiary alicyclic amines) is 1. The molecule has 0 bridgehead atoms. The van der Waals surface area contributed by atoms with Crippen LogP contribution in [-0.2, 0) is 14.3 Å². The molecule has 188 valence electrons. The highest BCUT2D eigenvalue weighted by Crippen LogP contribution is 2.45. The average Bonchev–Trinajstić information content (AvgIpc) is 3.54. The third-order valence-electron chi connectivity index (χ3n) is 7.63. The van der Waals surface area contributed by atoms with E-state index in [2.05, 4.69) is 0 Å². The Balaban J connectivity index is 1.35. The molecule has 3 aliphatic carbocycles. The topological polar surface area (TPSA) is 59.8 Å². The Kier molecular flexibility index (Phi) is 6.51. The first-order valence-electron chi connectivity index (χ1n) is 12.4. The smallest absolute Gasteiger partial charge is 0.416 e. The highest BCUT2D eigenvalue weighted by Gasteiger charge is 2.46. The van der Waals surface area contributed by atoms with Crippen LogP contribution < -0.4 is 0 Å². The molecule has 1 saturated carbocycles. The molecule has 0 spiro atoms. The summed E-state index contributed by atoms with van der Waals surface area (Å²) in [4.78, 5) is 28.7. The third kappa shape index (κ3) is 5.03. The zero-order valence-electron chi connectivity index (χ0n) is 19.8. The summed E-state index contributed by atoms with van der Waals surface area (Å²) in [5.74, 6) is -1.53. The second kappa shape index (κ2) is 9.45. The largest absolute Gasteiger partial charge is 0.472 e. The van der Waals surface area contributed by atoms with Crippen LogP contribution in [0, 0.1) is 17.8 Å². The number of amides is 1. The number of ether oxygens (including phenoxy) is 1. The SMILES string of the molecule is CC1CC2=C(CC=C(c3ccoc3)C=C2C(F)(F)F)C(=O)C1C(=O)N1CCC(OCC2CC2)CC1. The molecule has 1 aromatic rings. The molecule has 2 heterocycles. The van der Waals surface area contributed by atoms with Crippen molar-refractivity contribution in [2.75, 3.05) is 19.7 Å². The highest BCUT2D eigenvalue weighted by atomic mass is 19.4. The minimum Gasteiger partial charge on any atom is -0.472 e. The van der Waals surface area contributed by atoms with Gasteiger partial charge in [-0.2, -0.15) is 13.2 Å². The summed E-state index contributed by atoms with van der Waals surface area (Å²) < 4.78 is 53.3. The van der Waals surface area contributed by atoms with Crippen LogP contribution in [0.3, 0.4) is 0 Å². The molecule has 5 nitrogen and oxygen atoms in total. The van der Waals surface area contributed by atoms with Crippen molar-refractivity contribution in [1.82, 2.24) is 4.90 Å². The Morgan fingerprint density at radius 2 is 1.91 bits per heavy atom. The summed E-state index contributed by atoms with van der Waals surface area (Å²) >= 11 is 0. The number of ketones is 1. The van der Waals surface area contributed by atoms with E-state index in [4.69, 9.17) is 9.15 Å². The summed E-state index contributed by atoms with van der Waals surface area (Å²) in [6.45, 7) is 3.50. The van der Waals surface area contributed by atoms with E-state index in [9.17, 15) is 22.8 Å². The molecule has 5 rings (SSSR count). The van der Waals surface area contributed by atoms with Crippen LogP contribution in [-0.4, -0.2) is 48.6 Å². The fourth-order valence-corrected chi connectivity index (χ4v) is 5.40. The van der Waals surface area contributed by atoms with Crippen LogP contribution in [0.25, 0.3) is 5.57 Å². The first kappa shape index (κ1) is 24.1. The van der Waals surface area contributed by atoms with Crippen LogP contribution in [0.5, 0.6) is 0 Å². The summed E-state index contributed by atoms with van der Waals surface area (Å²) in [6.07, 6.45) is 5.00. The van der Waals surface area contributed by atoms with E-state index in [1.807, 2.05) is 0 Å². The van der Waals surface area contributed by atoms with Gasteiger partial charge in [-0.25, -0.2) is 0 Å². The Morgan fingerprint density at radius 1 is 1.17 bits per heavy atom. The molecule has 0 aromatic carbocycles. The van der Waals surface area contributed by atoms with E-state index in [0.29, 0.717) is 30.1 Å². The van der Waals surface area contributed by atoms with Crippen LogP contribution in [0.1, 0.15) is 51.0 Å². The quantitative estimate of drug-likeness (QED) is 0.513. The van der Waals surface area contributed by atoms with Crippen molar-refractivity contribution in [2.24, 2.45) is 17.8 Å². The molecule has 1 aromatic heterocycles. The monoisotopic (exact) mass is 489 g/mol. The van der Waals surface area contributed by atoms with Gasteiger partial charge in [-0.3, -0.25) is 9.59 Å². The first-order valence-corrected chi connectivity index (χ1v) is 12.4. The Bertz CT molecular complexity index is 1070. The van der Waals surface area contributed by atoms with Gasteiger partial charge in [0.05, 0.1) is 24.2 Å². The second-order valence-corrected chi connectivity index (χ2v) is 10.2. The number of hydrogen-bond donors (Lipinski definition) is 0. The lowest BCUT2D eigenvalue weighted by atomic mass is 9.72. The molecular formula is C27H30F3NO4. The number of furan rings is 1. The number of halogens is 3. The van der Waals surface area contributed by atoms with Gasteiger partial charge >= 0.3 is 6.18 Å². The molecule has 1 amide bonds. The number of piperidine rings is 1. The van der Waals surface area contributed by atoms with Gasteiger partial charge < -0.3 is 14.1 Å². The molecule has 1 aliphatic heterocycles. The lowest BCUT2D eigenvalue weighted by molar-refractivity contribution is -0.144. The molecule has 2 fully saturated rings. The van der Waals surface area contributed by atoms with E-state index in [-0.39, 0.29) is 36.0 Å². The Morgan fingerprint density at radius 3 is 2.54 bits per heavy atom. The molecule has 4 aliphatic rings. The van der Waals surface area contributed by atoms with Crippen molar-refractivity contribution in [1.29, 1.82) is 0 Å². The fourth-order valence-electron chi connectivity index (χ4n) is 5.40. The van der Waals surface area contributed by atoms with Crippen molar-refractivity contribution in [3.8, 4) is 0 Å². The number of hydrogen-bond acceptors (Lipinski definition) is 4. The van der Waals surface area contributed by atoms with Gasteiger partial charge in [-0.05, 0) is 73.6 Å². The zero-order chi connectivity index (χ0) is 24.7. The Hall–Kier alpha value is -2.61. The highest BCUT2D eigenvalue weighted by molar-refractivity contribution is 6.12. The van der Waals surface area contributed by atoms with Crippen molar-refractivity contribution >= 4 is 17.3 Å².